The van der Waals surface area contributed by atoms with E-state index in [9.17, 15) is 9.18 Å². The molecular formula is C27H28FN5O2. The number of aromatic nitrogens is 2. The predicted molar refractivity (Wildman–Crippen MR) is 134 cm³/mol. The molecule has 3 aromatic carbocycles. The Morgan fingerprint density at radius 1 is 1.00 bits per heavy atom. The SMILES string of the molecule is Cn1c(NC(=O)O)nc2cc(CN3CCN(C(c4ccccc4)c4ccc(F)cc4)CC3)ccc21. The number of imidazole rings is 1. The second kappa shape index (κ2) is 9.85. The first kappa shape index (κ1) is 23.0. The van der Waals surface area contributed by atoms with E-state index in [1.165, 1.54) is 17.7 Å². The fourth-order valence-corrected chi connectivity index (χ4v) is 4.88. The molecular weight excluding hydrogens is 445 g/mol. The van der Waals surface area contributed by atoms with Crippen LogP contribution in [-0.2, 0) is 13.6 Å². The third kappa shape index (κ3) is 5.03. The average molecular weight is 474 g/mol. The minimum absolute atomic E-state index is 0.0870. The summed E-state index contributed by atoms with van der Waals surface area (Å²) in [5.41, 5.74) is 5.10. The first-order valence-corrected chi connectivity index (χ1v) is 11.7. The van der Waals surface area contributed by atoms with Crippen LogP contribution in [-0.4, -0.2) is 56.7 Å². The van der Waals surface area contributed by atoms with Crippen molar-refractivity contribution >= 4 is 23.1 Å². The van der Waals surface area contributed by atoms with Crippen LogP contribution in [0.3, 0.4) is 0 Å². The summed E-state index contributed by atoms with van der Waals surface area (Å²) >= 11 is 0. The van der Waals surface area contributed by atoms with Gasteiger partial charge in [0.1, 0.15) is 5.82 Å². The molecule has 0 radical (unpaired) electrons. The smallest absolute Gasteiger partial charge is 0.411 e. The highest BCUT2D eigenvalue weighted by molar-refractivity contribution is 5.86. The Labute approximate surface area is 203 Å². The van der Waals surface area contributed by atoms with Gasteiger partial charge in [-0.1, -0.05) is 48.5 Å². The lowest BCUT2D eigenvalue weighted by Crippen LogP contribution is -2.47. The van der Waals surface area contributed by atoms with Crippen LogP contribution < -0.4 is 5.32 Å². The summed E-state index contributed by atoms with van der Waals surface area (Å²) in [5, 5.41) is 11.4. The summed E-state index contributed by atoms with van der Waals surface area (Å²) in [4.78, 5) is 20.3. The van der Waals surface area contributed by atoms with Crippen LogP contribution in [0.5, 0.6) is 0 Å². The summed E-state index contributed by atoms with van der Waals surface area (Å²) in [6.07, 6.45) is -1.13. The molecule has 5 rings (SSSR count). The zero-order valence-electron chi connectivity index (χ0n) is 19.6. The lowest BCUT2D eigenvalue weighted by molar-refractivity contribution is 0.105. The Morgan fingerprint density at radius 2 is 1.69 bits per heavy atom. The van der Waals surface area contributed by atoms with Gasteiger partial charge in [-0.05, 0) is 41.0 Å². The monoisotopic (exact) mass is 473 g/mol. The van der Waals surface area contributed by atoms with Crippen LogP contribution in [0, 0.1) is 5.82 Å². The number of fused-ring (bicyclic) bond motifs is 1. The number of hydrogen-bond donors (Lipinski definition) is 2. The molecule has 1 saturated heterocycles. The summed E-state index contributed by atoms with van der Waals surface area (Å²) in [5.74, 6) is 0.0899. The minimum atomic E-state index is -1.13. The van der Waals surface area contributed by atoms with Crippen molar-refractivity contribution in [1.29, 1.82) is 0 Å². The molecule has 4 aromatic rings. The van der Waals surface area contributed by atoms with Gasteiger partial charge in [0.2, 0.25) is 5.95 Å². The molecule has 1 amide bonds. The van der Waals surface area contributed by atoms with Crippen molar-refractivity contribution in [2.24, 2.45) is 7.05 Å². The first-order valence-electron chi connectivity index (χ1n) is 11.7. The molecule has 1 atom stereocenters. The molecule has 1 aliphatic heterocycles. The second-order valence-electron chi connectivity index (χ2n) is 8.92. The Kier molecular flexibility index (Phi) is 6.48. The van der Waals surface area contributed by atoms with Gasteiger partial charge in [0.15, 0.2) is 0 Å². The quantitative estimate of drug-likeness (QED) is 0.424. The molecule has 8 heteroatoms. The molecule has 1 aromatic heterocycles. The zero-order chi connectivity index (χ0) is 24.4. The number of piperazine rings is 1. The van der Waals surface area contributed by atoms with Crippen molar-refractivity contribution in [3.63, 3.8) is 0 Å². The maximum absolute atomic E-state index is 13.6. The van der Waals surface area contributed by atoms with E-state index in [1.54, 1.807) is 11.6 Å². The summed E-state index contributed by atoms with van der Waals surface area (Å²) < 4.78 is 15.3. The van der Waals surface area contributed by atoms with Gasteiger partial charge in [-0.25, -0.2) is 14.2 Å². The van der Waals surface area contributed by atoms with Crippen LogP contribution in [0.25, 0.3) is 11.0 Å². The topological polar surface area (TPSA) is 73.6 Å². The number of carbonyl (C=O) groups is 1. The lowest BCUT2D eigenvalue weighted by atomic mass is 9.96. The fraction of sp³-hybridized carbons (Fsp3) is 0.259. The summed E-state index contributed by atoms with van der Waals surface area (Å²) in [6.45, 7) is 4.42. The van der Waals surface area contributed by atoms with Crippen molar-refractivity contribution in [3.05, 3.63) is 95.3 Å². The number of aryl methyl sites for hydroxylation is 1. The number of nitrogens with one attached hydrogen (secondary N) is 1. The third-order valence-electron chi connectivity index (χ3n) is 6.64. The van der Waals surface area contributed by atoms with Crippen molar-refractivity contribution in [2.45, 2.75) is 12.6 Å². The summed E-state index contributed by atoms with van der Waals surface area (Å²) in [7, 11) is 1.80. The van der Waals surface area contributed by atoms with Gasteiger partial charge in [0.05, 0.1) is 17.1 Å². The maximum atomic E-state index is 13.6. The van der Waals surface area contributed by atoms with E-state index in [1.807, 2.05) is 42.5 Å². The molecule has 1 aliphatic rings. The van der Waals surface area contributed by atoms with Crippen molar-refractivity contribution in [1.82, 2.24) is 19.4 Å². The number of amides is 1. The van der Waals surface area contributed by atoms with E-state index in [-0.39, 0.29) is 11.9 Å². The molecule has 2 heterocycles. The van der Waals surface area contributed by atoms with Crippen LogP contribution >= 0.6 is 0 Å². The van der Waals surface area contributed by atoms with E-state index in [4.69, 9.17) is 5.11 Å². The molecule has 1 unspecified atom stereocenters. The van der Waals surface area contributed by atoms with E-state index < -0.39 is 6.09 Å². The normalized spacial score (nSPS) is 15.8. The van der Waals surface area contributed by atoms with Crippen LogP contribution in [0.4, 0.5) is 15.1 Å². The standard InChI is InChI=1S/C27H28FN5O2/c1-31-24-12-7-19(17-23(24)29-26(31)30-27(34)35)18-32-13-15-33(16-14-32)25(20-5-3-2-4-6-20)21-8-10-22(28)11-9-21/h2-12,17,25H,13-16,18H2,1H3,(H,29,30)(H,34,35). The third-order valence-corrected chi connectivity index (χ3v) is 6.64. The van der Waals surface area contributed by atoms with Gasteiger partial charge in [-0.15, -0.1) is 0 Å². The van der Waals surface area contributed by atoms with E-state index in [2.05, 4.69) is 38.3 Å². The molecule has 2 N–H and O–H groups in total. The lowest BCUT2D eigenvalue weighted by Gasteiger charge is -2.39. The van der Waals surface area contributed by atoms with Crippen molar-refractivity contribution < 1.29 is 14.3 Å². The van der Waals surface area contributed by atoms with E-state index in [0.29, 0.717) is 5.95 Å². The number of benzene rings is 3. The summed E-state index contributed by atoms with van der Waals surface area (Å²) in [6, 6.07) is 23.4. The molecule has 1 fully saturated rings. The van der Waals surface area contributed by atoms with Gasteiger partial charge in [0, 0.05) is 39.8 Å². The molecule has 35 heavy (non-hydrogen) atoms. The number of carboxylic acid groups (broad SMARTS) is 1. The number of anilines is 1. The largest absolute Gasteiger partial charge is 0.465 e. The van der Waals surface area contributed by atoms with Crippen LogP contribution in [0.15, 0.2) is 72.8 Å². The Bertz CT molecular complexity index is 1310. The minimum Gasteiger partial charge on any atom is -0.465 e. The highest BCUT2D eigenvalue weighted by Gasteiger charge is 2.26. The first-order chi connectivity index (χ1) is 17.0. The van der Waals surface area contributed by atoms with Gasteiger partial charge in [-0.3, -0.25) is 15.1 Å². The molecule has 180 valence electrons. The number of hydrogen-bond acceptors (Lipinski definition) is 4. The molecule has 7 nitrogen and oxygen atoms in total. The van der Waals surface area contributed by atoms with E-state index >= 15 is 0 Å². The molecule has 0 saturated carbocycles. The number of rotatable bonds is 6. The maximum Gasteiger partial charge on any atom is 0.411 e. The fourth-order valence-electron chi connectivity index (χ4n) is 4.88. The Balaban J connectivity index is 1.29. The number of halogens is 1. The molecule has 0 spiro atoms. The van der Waals surface area contributed by atoms with Crippen LogP contribution in [0.1, 0.15) is 22.7 Å². The van der Waals surface area contributed by atoms with E-state index in [0.717, 1.165) is 54.9 Å². The average Bonchev–Trinajstić information content (AvgIpc) is 3.16. The highest BCUT2D eigenvalue weighted by atomic mass is 19.1. The van der Waals surface area contributed by atoms with Crippen molar-refractivity contribution in [2.75, 3.05) is 31.5 Å². The molecule has 0 bridgehead atoms. The number of nitrogens with zero attached hydrogens (tertiary/aromatic N) is 4. The molecule has 0 aliphatic carbocycles. The van der Waals surface area contributed by atoms with Gasteiger partial charge in [0.25, 0.3) is 0 Å². The zero-order valence-corrected chi connectivity index (χ0v) is 19.6. The second-order valence-corrected chi connectivity index (χ2v) is 8.92. The highest BCUT2D eigenvalue weighted by Crippen LogP contribution is 2.30. The van der Waals surface area contributed by atoms with Gasteiger partial charge < -0.3 is 9.67 Å². The van der Waals surface area contributed by atoms with Crippen molar-refractivity contribution in [3.8, 4) is 0 Å². The van der Waals surface area contributed by atoms with Gasteiger partial charge in [-0.2, -0.15) is 0 Å². The predicted octanol–water partition coefficient (Wildman–Crippen LogP) is 4.71. The Hall–Kier alpha value is -3.75. The van der Waals surface area contributed by atoms with Gasteiger partial charge >= 0.3 is 6.09 Å². The van der Waals surface area contributed by atoms with Crippen LogP contribution in [0.2, 0.25) is 0 Å². The Morgan fingerprint density at radius 3 is 2.37 bits per heavy atom.